The second-order valence-electron chi connectivity index (χ2n) is 6.87. The number of anilines is 1. The van der Waals surface area contributed by atoms with Crippen LogP contribution in [0.15, 0.2) is 24.4 Å². The summed E-state index contributed by atoms with van der Waals surface area (Å²) in [6, 6.07) is 5.87. The molecule has 1 saturated heterocycles. The lowest BCUT2D eigenvalue weighted by atomic mass is 9.80. The summed E-state index contributed by atoms with van der Waals surface area (Å²) in [5, 5.41) is 14.0. The topological polar surface area (TPSA) is 63.2 Å². The number of pyridine rings is 1. The average molecular weight is 359 g/mol. The Labute approximate surface area is 152 Å². The molecule has 2 fully saturated rings. The first-order chi connectivity index (χ1) is 12.4. The van der Waals surface area contributed by atoms with Crippen LogP contribution >= 0.6 is 11.3 Å². The molecule has 1 aliphatic heterocycles. The van der Waals surface area contributed by atoms with Gasteiger partial charge in [0.05, 0.1) is 13.2 Å². The third-order valence-corrected chi connectivity index (χ3v) is 6.25. The fourth-order valence-corrected chi connectivity index (χ4v) is 4.70. The number of hydrogen-bond acceptors (Lipinski definition) is 7. The summed E-state index contributed by atoms with van der Waals surface area (Å²) in [5.41, 5.74) is 1.12. The molecule has 2 aliphatic rings. The molecule has 1 N–H and O–H groups in total. The second kappa shape index (κ2) is 7.76. The highest BCUT2D eigenvalue weighted by molar-refractivity contribution is 7.18. The zero-order chi connectivity index (χ0) is 17.0. The Morgan fingerprint density at radius 1 is 1.12 bits per heavy atom. The fraction of sp³-hybridized carbons (Fsp3) is 0.611. The van der Waals surface area contributed by atoms with E-state index in [4.69, 9.17) is 4.74 Å². The Hall–Kier alpha value is -1.57. The van der Waals surface area contributed by atoms with Crippen LogP contribution < -0.4 is 5.32 Å². The van der Waals surface area contributed by atoms with E-state index in [1.54, 1.807) is 17.5 Å². The first kappa shape index (κ1) is 16.9. The number of ether oxygens (including phenoxy) is 1. The van der Waals surface area contributed by atoms with Gasteiger partial charge in [0.25, 0.3) is 0 Å². The van der Waals surface area contributed by atoms with E-state index in [0.29, 0.717) is 0 Å². The van der Waals surface area contributed by atoms with E-state index < -0.39 is 0 Å². The fourth-order valence-electron chi connectivity index (χ4n) is 3.98. The van der Waals surface area contributed by atoms with E-state index in [2.05, 4.69) is 25.4 Å². The molecule has 0 spiro atoms. The van der Waals surface area contributed by atoms with Crippen molar-refractivity contribution >= 4 is 16.5 Å². The summed E-state index contributed by atoms with van der Waals surface area (Å²) >= 11 is 1.58. The lowest BCUT2D eigenvalue weighted by Gasteiger charge is -2.48. The maximum atomic E-state index is 5.56. The van der Waals surface area contributed by atoms with Crippen molar-refractivity contribution in [2.24, 2.45) is 0 Å². The number of nitrogens with one attached hydrogen (secondary N) is 1. The normalized spacial score (nSPS) is 21.1. The van der Waals surface area contributed by atoms with Crippen molar-refractivity contribution in [3.63, 3.8) is 0 Å². The van der Waals surface area contributed by atoms with Crippen molar-refractivity contribution in [2.45, 2.75) is 37.6 Å². The van der Waals surface area contributed by atoms with Crippen molar-refractivity contribution in [3.05, 3.63) is 24.4 Å². The van der Waals surface area contributed by atoms with Crippen molar-refractivity contribution in [1.82, 2.24) is 20.1 Å². The van der Waals surface area contributed by atoms with Crippen molar-refractivity contribution in [1.29, 1.82) is 0 Å². The van der Waals surface area contributed by atoms with E-state index in [-0.39, 0.29) is 5.54 Å². The van der Waals surface area contributed by atoms with Gasteiger partial charge >= 0.3 is 0 Å². The minimum Gasteiger partial charge on any atom is -0.379 e. The molecule has 0 aromatic carbocycles. The summed E-state index contributed by atoms with van der Waals surface area (Å²) in [6.45, 7) is 4.71. The van der Waals surface area contributed by atoms with Crippen LogP contribution in [0.25, 0.3) is 10.7 Å². The third-order valence-electron chi connectivity index (χ3n) is 5.34. The summed E-state index contributed by atoms with van der Waals surface area (Å²) in [6.07, 6.45) is 8.29. The predicted octanol–water partition coefficient (Wildman–Crippen LogP) is 3.05. The third kappa shape index (κ3) is 3.83. The minimum absolute atomic E-state index is 0.235. The first-order valence-electron chi connectivity index (χ1n) is 9.17. The largest absolute Gasteiger partial charge is 0.379 e. The average Bonchev–Trinajstić information content (AvgIpc) is 3.18. The van der Waals surface area contributed by atoms with E-state index in [9.17, 15) is 0 Å². The molecule has 25 heavy (non-hydrogen) atoms. The van der Waals surface area contributed by atoms with Crippen LogP contribution in [-0.2, 0) is 4.74 Å². The van der Waals surface area contributed by atoms with E-state index in [0.717, 1.165) is 48.7 Å². The van der Waals surface area contributed by atoms with Gasteiger partial charge in [-0.05, 0) is 25.0 Å². The molecule has 7 heteroatoms. The number of aromatic nitrogens is 3. The number of hydrogen-bond donors (Lipinski definition) is 1. The molecule has 1 aliphatic carbocycles. The van der Waals surface area contributed by atoms with E-state index >= 15 is 0 Å². The molecule has 2 aromatic rings. The first-order valence-corrected chi connectivity index (χ1v) is 9.99. The van der Waals surface area contributed by atoms with Gasteiger partial charge in [-0.15, -0.1) is 10.2 Å². The van der Waals surface area contributed by atoms with Gasteiger partial charge in [-0.3, -0.25) is 9.88 Å². The quantitative estimate of drug-likeness (QED) is 0.885. The van der Waals surface area contributed by atoms with Gasteiger partial charge in [0, 0.05) is 31.4 Å². The Bertz CT molecular complexity index is 665. The highest BCUT2D eigenvalue weighted by Gasteiger charge is 2.38. The van der Waals surface area contributed by atoms with E-state index in [1.807, 2.05) is 18.2 Å². The molecule has 6 nitrogen and oxygen atoms in total. The molecular weight excluding hydrogens is 334 g/mol. The zero-order valence-corrected chi connectivity index (χ0v) is 15.3. The van der Waals surface area contributed by atoms with Crippen molar-refractivity contribution in [3.8, 4) is 10.7 Å². The van der Waals surface area contributed by atoms with Crippen LogP contribution in [0.5, 0.6) is 0 Å². The van der Waals surface area contributed by atoms with Crippen LogP contribution in [-0.4, -0.2) is 58.5 Å². The predicted molar refractivity (Wildman–Crippen MR) is 99.8 cm³/mol. The molecule has 4 rings (SSSR count). The zero-order valence-electron chi connectivity index (χ0n) is 14.5. The lowest BCUT2D eigenvalue weighted by Crippen LogP contribution is -2.57. The molecule has 1 saturated carbocycles. The Morgan fingerprint density at radius 3 is 2.72 bits per heavy atom. The van der Waals surface area contributed by atoms with E-state index in [1.165, 1.54) is 32.1 Å². The van der Waals surface area contributed by atoms with Gasteiger partial charge in [-0.25, -0.2) is 0 Å². The van der Waals surface area contributed by atoms with Crippen molar-refractivity contribution in [2.75, 3.05) is 38.2 Å². The summed E-state index contributed by atoms with van der Waals surface area (Å²) < 4.78 is 5.56. The SMILES string of the molecule is c1ccc(-c2nnc(NCC3(N4CCOCC4)CCCCC3)s2)nc1. The van der Waals surface area contributed by atoms with Crippen LogP contribution in [0.1, 0.15) is 32.1 Å². The second-order valence-corrected chi connectivity index (χ2v) is 7.84. The van der Waals surface area contributed by atoms with Crippen LogP contribution in [0.3, 0.4) is 0 Å². The van der Waals surface area contributed by atoms with Gasteiger partial charge < -0.3 is 10.1 Å². The van der Waals surface area contributed by atoms with Gasteiger partial charge in [0.1, 0.15) is 5.69 Å². The molecule has 2 aromatic heterocycles. The summed E-state index contributed by atoms with van der Waals surface area (Å²) in [5.74, 6) is 0. The molecule has 0 atom stereocenters. The highest BCUT2D eigenvalue weighted by Crippen LogP contribution is 2.35. The smallest absolute Gasteiger partial charge is 0.206 e. The number of rotatable bonds is 5. The molecule has 3 heterocycles. The number of morpholine rings is 1. The van der Waals surface area contributed by atoms with Gasteiger partial charge in [-0.2, -0.15) is 0 Å². The maximum Gasteiger partial charge on any atom is 0.206 e. The van der Waals surface area contributed by atoms with Crippen LogP contribution in [0.4, 0.5) is 5.13 Å². The number of nitrogens with zero attached hydrogens (tertiary/aromatic N) is 4. The van der Waals surface area contributed by atoms with Crippen LogP contribution in [0.2, 0.25) is 0 Å². The van der Waals surface area contributed by atoms with Gasteiger partial charge in [0.15, 0.2) is 5.01 Å². The van der Waals surface area contributed by atoms with Crippen LogP contribution in [0, 0.1) is 0 Å². The lowest BCUT2D eigenvalue weighted by molar-refractivity contribution is -0.0318. The monoisotopic (exact) mass is 359 g/mol. The molecule has 0 amide bonds. The summed E-state index contributed by atoms with van der Waals surface area (Å²) in [7, 11) is 0. The highest BCUT2D eigenvalue weighted by atomic mass is 32.1. The minimum atomic E-state index is 0.235. The molecule has 0 radical (unpaired) electrons. The van der Waals surface area contributed by atoms with Gasteiger partial charge in [-0.1, -0.05) is 36.7 Å². The standard InChI is InChI=1S/C18H25N5OS/c1-3-7-18(8-4-1,23-10-12-24-13-11-23)14-20-17-22-21-16(25-17)15-6-2-5-9-19-15/h2,5-6,9H,1,3-4,7-8,10-14H2,(H,20,22). The van der Waals surface area contributed by atoms with Crippen molar-refractivity contribution < 1.29 is 4.74 Å². The Kier molecular flexibility index (Phi) is 5.24. The molecular formula is C18H25N5OS. The molecule has 0 bridgehead atoms. The molecule has 134 valence electrons. The molecule has 0 unspecified atom stereocenters. The maximum absolute atomic E-state index is 5.56. The Morgan fingerprint density at radius 2 is 1.96 bits per heavy atom. The Balaban J connectivity index is 1.45. The summed E-state index contributed by atoms with van der Waals surface area (Å²) in [4.78, 5) is 7.00. The van der Waals surface area contributed by atoms with Gasteiger partial charge in [0.2, 0.25) is 5.13 Å².